The number of aromatic nitrogens is 2. The van der Waals surface area contributed by atoms with Gasteiger partial charge in [-0.25, -0.2) is 14.8 Å². The minimum Gasteiger partial charge on any atom is -0.462 e. The second-order valence-corrected chi connectivity index (χ2v) is 4.73. The first kappa shape index (κ1) is 15.8. The van der Waals surface area contributed by atoms with Crippen molar-refractivity contribution >= 4 is 23.3 Å². The summed E-state index contributed by atoms with van der Waals surface area (Å²) in [6.45, 7) is 3.52. The van der Waals surface area contributed by atoms with Crippen molar-refractivity contribution in [2.24, 2.45) is 0 Å². The van der Waals surface area contributed by atoms with Gasteiger partial charge in [-0.05, 0) is 13.8 Å². The first-order valence-corrected chi connectivity index (χ1v) is 6.77. The lowest BCUT2D eigenvalue weighted by atomic mass is 10.1. The molecule has 114 valence electrons. The van der Waals surface area contributed by atoms with Crippen molar-refractivity contribution in [2.75, 3.05) is 6.61 Å². The van der Waals surface area contributed by atoms with E-state index in [9.17, 15) is 14.9 Å². The Labute approximate surface area is 131 Å². The number of nitro groups is 1. The zero-order chi connectivity index (χ0) is 16.3. The topological polar surface area (TPSA) is 95.2 Å². The van der Waals surface area contributed by atoms with Crippen LogP contribution in [0, 0.1) is 17.0 Å². The van der Waals surface area contributed by atoms with Gasteiger partial charge in [-0.3, -0.25) is 10.1 Å². The van der Waals surface area contributed by atoms with Gasteiger partial charge in [0.05, 0.1) is 11.5 Å². The summed E-state index contributed by atoms with van der Waals surface area (Å²) >= 11 is 5.96. The summed E-state index contributed by atoms with van der Waals surface area (Å²) < 4.78 is 4.83. The largest absolute Gasteiger partial charge is 0.462 e. The van der Waals surface area contributed by atoms with Crippen molar-refractivity contribution in [1.29, 1.82) is 0 Å². The normalized spacial score (nSPS) is 10.3. The predicted molar refractivity (Wildman–Crippen MR) is 79.8 cm³/mol. The van der Waals surface area contributed by atoms with E-state index in [0.29, 0.717) is 11.1 Å². The number of rotatable bonds is 4. The Balaban J connectivity index is 2.42. The molecule has 0 radical (unpaired) electrons. The van der Waals surface area contributed by atoms with Gasteiger partial charge in [-0.2, -0.15) is 0 Å². The average Bonchev–Trinajstić information content (AvgIpc) is 2.47. The summed E-state index contributed by atoms with van der Waals surface area (Å²) in [6.07, 6.45) is 1.24. The first-order valence-electron chi connectivity index (χ1n) is 6.39. The molecule has 0 saturated heterocycles. The van der Waals surface area contributed by atoms with E-state index in [0.717, 1.165) is 0 Å². The Bertz CT molecular complexity index is 749. The van der Waals surface area contributed by atoms with Crippen molar-refractivity contribution in [3.8, 4) is 11.4 Å². The molecule has 8 heteroatoms. The lowest BCUT2D eigenvalue weighted by Crippen LogP contribution is -2.07. The number of esters is 1. The molecule has 2 rings (SSSR count). The first-order chi connectivity index (χ1) is 10.4. The van der Waals surface area contributed by atoms with Crippen LogP contribution in [0.4, 0.5) is 5.69 Å². The third-order valence-electron chi connectivity index (χ3n) is 2.90. The van der Waals surface area contributed by atoms with Crippen LogP contribution in [0.2, 0.25) is 5.15 Å². The zero-order valence-electron chi connectivity index (χ0n) is 11.9. The summed E-state index contributed by atoms with van der Waals surface area (Å²) in [6, 6.07) is 4.62. The number of hydrogen-bond donors (Lipinski definition) is 0. The van der Waals surface area contributed by atoms with Gasteiger partial charge in [-0.15, -0.1) is 0 Å². The van der Waals surface area contributed by atoms with E-state index in [4.69, 9.17) is 16.3 Å². The molecule has 1 heterocycles. The fraction of sp³-hybridized carbons (Fsp3) is 0.214. The minimum atomic E-state index is -0.617. The average molecular weight is 322 g/mol. The highest BCUT2D eigenvalue weighted by atomic mass is 35.5. The molecule has 0 spiro atoms. The highest BCUT2D eigenvalue weighted by Gasteiger charge is 2.17. The molecule has 0 unspecified atom stereocenters. The summed E-state index contributed by atoms with van der Waals surface area (Å²) in [4.78, 5) is 30.1. The highest BCUT2D eigenvalue weighted by molar-refractivity contribution is 6.32. The monoisotopic (exact) mass is 321 g/mol. The Kier molecular flexibility index (Phi) is 4.67. The summed E-state index contributed by atoms with van der Waals surface area (Å²) in [5, 5.41) is 10.9. The van der Waals surface area contributed by atoms with E-state index < -0.39 is 10.9 Å². The minimum absolute atomic E-state index is 0.0355. The van der Waals surface area contributed by atoms with E-state index in [1.54, 1.807) is 26.0 Å². The van der Waals surface area contributed by atoms with Gasteiger partial charge in [0.2, 0.25) is 0 Å². The van der Waals surface area contributed by atoms with Gasteiger partial charge in [0, 0.05) is 23.4 Å². The van der Waals surface area contributed by atoms with Gasteiger partial charge >= 0.3 is 5.97 Å². The van der Waals surface area contributed by atoms with Crippen molar-refractivity contribution < 1.29 is 14.5 Å². The van der Waals surface area contributed by atoms with E-state index in [1.165, 1.54) is 12.3 Å². The number of hydrogen-bond acceptors (Lipinski definition) is 6. The van der Waals surface area contributed by atoms with Crippen LogP contribution >= 0.6 is 11.6 Å². The number of carbonyl (C=O) groups excluding carboxylic acids is 1. The number of halogens is 1. The number of ether oxygens (including phenoxy) is 1. The standard InChI is InChI=1S/C14H12ClN3O4/c1-3-22-14(19)10-7-16-13(17-12(10)15)9-5-4-8(2)11(6-9)18(20)21/h4-7H,3H2,1-2H3. The highest BCUT2D eigenvalue weighted by Crippen LogP contribution is 2.26. The molecule has 0 fully saturated rings. The molecule has 7 nitrogen and oxygen atoms in total. The molecule has 0 saturated carbocycles. The van der Waals surface area contributed by atoms with Crippen molar-refractivity contribution in [3.63, 3.8) is 0 Å². The Morgan fingerprint density at radius 2 is 2.18 bits per heavy atom. The SMILES string of the molecule is CCOC(=O)c1cnc(-c2ccc(C)c([N+](=O)[O-])c2)nc1Cl. The molecular weight excluding hydrogens is 310 g/mol. The van der Waals surface area contributed by atoms with Gasteiger partial charge < -0.3 is 4.74 Å². The van der Waals surface area contributed by atoms with E-state index in [1.807, 2.05) is 0 Å². The van der Waals surface area contributed by atoms with Crippen molar-refractivity contribution in [2.45, 2.75) is 13.8 Å². The van der Waals surface area contributed by atoms with Crippen LogP contribution in [0.25, 0.3) is 11.4 Å². The second-order valence-electron chi connectivity index (χ2n) is 4.38. The van der Waals surface area contributed by atoms with Crippen LogP contribution in [0.5, 0.6) is 0 Å². The third kappa shape index (κ3) is 3.20. The second kappa shape index (κ2) is 6.48. The van der Waals surface area contributed by atoms with Gasteiger partial charge in [0.15, 0.2) is 5.82 Å². The molecule has 0 amide bonds. The van der Waals surface area contributed by atoms with Crippen molar-refractivity contribution in [3.05, 3.63) is 50.8 Å². The maximum absolute atomic E-state index is 11.6. The Morgan fingerprint density at radius 1 is 1.45 bits per heavy atom. The van der Waals surface area contributed by atoms with Gasteiger partial charge in [0.25, 0.3) is 5.69 Å². The van der Waals surface area contributed by atoms with Crippen LogP contribution in [0.3, 0.4) is 0 Å². The van der Waals surface area contributed by atoms with E-state index in [2.05, 4.69) is 9.97 Å². The number of aryl methyl sites for hydroxylation is 1. The van der Waals surface area contributed by atoms with Crippen LogP contribution in [0.1, 0.15) is 22.8 Å². The summed E-state index contributed by atoms with van der Waals surface area (Å²) in [5.41, 5.74) is 0.984. The predicted octanol–water partition coefficient (Wildman–Crippen LogP) is 3.19. The number of carbonyl (C=O) groups is 1. The summed E-state index contributed by atoms with van der Waals surface area (Å²) in [7, 11) is 0. The Morgan fingerprint density at radius 3 is 2.77 bits per heavy atom. The van der Waals surface area contributed by atoms with Crippen molar-refractivity contribution in [1.82, 2.24) is 9.97 Å². The molecule has 0 aliphatic heterocycles. The molecular formula is C14H12ClN3O4. The van der Waals surface area contributed by atoms with E-state index in [-0.39, 0.29) is 28.8 Å². The molecule has 0 aliphatic carbocycles. The smallest absolute Gasteiger partial charge is 0.342 e. The van der Waals surface area contributed by atoms with Crippen LogP contribution in [-0.4, -0.2) is 27.5 Å². The molecule has 2 aromatic rings. The molecule has 1 aromatic carbocycles. The van der Waals surface area contributed by atoms with Gasteiger partial charge in [-0.1, -0.05) is 23.7 Å². The maximum Gasteiger partial charge on any atom is 0.342 e. The fourth-order valence-corrected chi connectivity index (χ4v) is 2.00. The maximum atomic E-state index is 11.6. The lowest BCUT2D eigenvalue weighted by molar-refractivity contribution is -0.385. The zero-order valence-corrected chi connectivity index (χ0v) is 12.6. The molecule has 1 aromatic heterocycles. The lowest BCUT2D eigenvalue weighted by Gasteiger charge is -2.06. The number of benzene rings is 1. The van der Waals surface area contributed by atoms with Crippen LogP contribution in [-0.2, 0) is 4.74 Å². The Hall–Kier alpha value is -2.54. The number of nitro benzene ring substituents is 1. The van der Waals surface area contributed by atoms with E-state index >= 15 is 0 Å². The fourth-order valence-electron chi connectivity index (χ4n) is 1.79. The van der Waals surface area contributed by atoms with Gasteiger partial charge in [0.1, 0.15) is 10.7 Å². The summed E-state index contributed by atoms with van der Waals surface area (Å²) in [5.74, 6) is -0.421. The van der Waals surface area contributed by atoms with Crippen LogP contribution in [0.15, 0.2) is 24.4 Å². The molecule has 0 atom stereocenters. The molecule has 0 N–H and O–H groups in total. The quantitative estimate of drug-likeness (QED) is 0.371. The number of nitrogens with zero attached hydrogens (tertiary/aromatic N) is 3. The third-order valence-corrected chi connectivity index (χ3v) is 3.19. The molecule has 0 bridgehead atoms. The molecule has 0 aliphatic rings. The van der Waals surface area contributed by atoms with Crippen LogP contribution < -0.4 is 0 Å². The molecule has 22 heavy (non-hydrogen) atoms.